The molecule has 2 amide bonds. The van der Waals surface area contributed by atoms with E-state index in [9.17, 15) is 9.59 Å². The molecule has 0 atom stereocenters. The Kier molecular flexibility index (Phi) is 4.77. The van der Waals surface area contributed by atoms with Crippen LogP contribution in [-0.4, -0.2) is 36.9 Å². The number of allylic oxidation sites excluding steroid dienone is 1. The Bertz CT molecular complexity index is 593. The predicted molar refractivity (Wildman–Crippen MR) is 82.9 cm³/mol. The van der Waals surface area contributed by atoms with E-state index in [-0.39, 0.29) is 11.8 Å². The number of hydrogen-bond donors (Lipinski definition) is 2. The summed E-state index contributed by atoms with van der Waals surface area (Å²) >= 11 is 0. The van der Waals surface area contributed by atoms with E-state index >= 15 is 0 Å². The zero-order valence-electron chi connectivity index (χ0n) is 12.1. The van der Waals surface area contributed by atoms with Crippen molar-refractivity contribution >= 4 is 17.5 Å². The fraction of sp³-hybridized carbons (Fsp3) is 0.250. The Labute approximate surface area is 124 Å². The molecule has 5 heteroatoms. The van der Waals surface area contributed by atoms with Crippen molar-refractivity contribution in [2.24, 2.45) is 0 Å². The standard InChI is InChI=1S/C16H19N3O2/c1-12-7-9-19(15(20)11-12)10-8-18-16(21)13-5-3-4-6-14(13)17-2/h3-7,9,17H,1,8,10-11H2,2H3,(H,18,21). The van der Waals surface area contributed by atoms with Crippen molar-refractivity contribution in [2.45, 2.75) is 6.42 Å². The molecule has 0 spiro atoms. The van der Waals surface area contributed by atoms with Gasteiger partial charge in [0, 0.05) is 32.0 Å². The van der Waals surface area contributed by atoms with E-state index in [1.807, 2.05) is 24.3 Å². The number of carbonyl (C=O) groups excluding carboxylic acids is 2. The SMILES string of the molecule is C=C1C=CN(CCNC(=O)c2ccccc2NC)C(=O)C1. The highest BCUT2D eigenvalue weighted by Crippen LogP contribution is 2.14. The highest BCUT2D eigenvalue weighted by atomic mass is 16.2. The smallest absolute Gasteiger partial charge is 0.253 e. The lowest BCUT2D eigenvalue weighted by atomic mass is 10.1. The van der Waals surface area contributed by atoms with Crippen LogP contribution in [0.5, 0.6) is 0 Å². The Hall–Kier alpha value is -2.56. The van der Waals surface area contributed by atoms with Crippen LogP contribution in [0, 0.1) is 0 Å². The third-order valence-electron chi connectivity index (χ3n) is 3.27. The average molecular weight is 285 g/mol. The van der Waals surface area contributed by atoms with Gasteiger partial charge in [0.15, 0.2) is 0 Å². The topological polar surface area (TPSA) is 61.4 Å². The highest BCUT2D eigenvalue weighted by Gasteiger charge is 2.16. The maximum absolute atomic E-state index is 12.1. The molecule has 0 aromatic heterocycles. The fourth-order valence-corrected chi connectivity index (χ4v) is 2.12. The first-order valence-electron chi connectivity index (χ1n) is 6.82. The van der Waals surface area contributed by atoms with Crippen molar-refractivity contribution in [3.8, 4) is 0 Å². The fourth-order valence-electron chi connectivity index (χ4n) is 2.12. The Morgan fingerprint density at radius 3 is 2.86 bits per heavy atom. The molecule has 0 saturated carbocycles. The van der Waals surface area contributed by atoms with Crippen molar-refractivity contribution in [2.75, 3.05) is 25.5 Å². The molecule has 1 aliphatic rings. The van der Waals surface area contributed by atoms with Gasteiger partial charge in [0.1, 0.15) is 0 Å². The van der Waals surface area contributed by atoms with Crippen molar-refractivity contribution < 1.29 is 9.59 Å². The van der Waals surface area contributed by atoms with Crippen LogP contribution in [0.15, 0.2) is 48.7 Å². The van der Waals surface area contributed by atoms with E-state index in [2.05, 4.69) is 17.2 Å². The molecule has 2 N–H and O–H groups in total. The van der Waals surface area contributed by atoms with Gasteiger partial charge < -0.3 is 15.5 Å². The van der Waals surface area contributed by atoms with E-state index < -0.39 is 0 Å². The Morgan fingerprint density at radius 2 is 2.14 bits per heavy atom. The molecule has 1 aliphatic heterocycles. The van der Waals surface area contributed by atoms with Crippen LogP contribution >= 0.6 is 0 Å². The van der Waals surface area contributed by atoms with Crippen molar-refractivity contribution in [3.05, 3.63) is 54.3 Å². The number of carbonyl (C=O) groups is 2. The minimum atomic E-state index is -0.155. The number of amides is 2. The van der Waals surface area contributed by atoms with Gasteiger partial charge in [-0.15, -0.1) is 0 Å². The van der Waals surface area contributed by atoms with Gasteiger partial charge in [-0.3, -0.25) is 9.59 Å². The molecule has 0 fully saturated rings. The van der Waals surface area contributed by atoms with E-state index in [1.54, 1.807) is 24.2 Å². The maximum Gasteiger partial charge on any atom is 0.253 e. The first kappa shape index (κ1) is 14.8. The highest BCUT2D eigenvalue weighted by molar-refractivity contribution is 5.99. The summed E-state index contributed by atoms with van der Waals surface area (Å²) in [6.45, 7) is 4.61. The van der Waals surface area contributed by atoms with Crippen LogP contribution in [0.4, 0.5) is 5.69 Å². The van der Waals surface area contributed by atoms with Gasteiger partial charge in [0.2, 0.25) is 5.91 Å². The molecule has 2 rings (SSSR count). The van der Waals surface area contributed by atoms with Gasteiger partial charge >= 0.3 is 0 Å². The lowest BCUT2D eigenvalue weighted by molar-refractivity contribution is -0.128. The van der Waals surface area contributed by atoms with Crippen LogP contribution in [0.1, 0.15) is 16.8 Å². The van der Waals surface area contributed by atoms with Crippen molar-refractivity contribution in [1.82, 2.24) is 10.2 Å². The van der Waals surface area contributed by atoms with Gasteiger partial charge in [-0.05, 0) is 23.8 Å². The first-order valence-corrected chi connectivity index (χ1v) is 6.82. The second kappa shape index (κ2) is 6.74. The molecule has 1 aromatic carbocycles. The first-order chi connectivity index (χ1) is 10.1. The molecule has 0 bridgehead atoms. The lowest BCUT2D eigenvalue weighted by Crippen LogP contribution is -2.36. The summed E-state index contributed by atoms with van der Waals surface area (Å²) in [6.07, 6.45) is 3.87. The van der Waals surface area contributed by atoms with E-state index in [0.717, 1.165) is 11.3 Å². The molecule has 1 heterocycles. The molecule has 0 aliphatic carbocycles. The molecule has 0 saturated heterocycles. The van der Waals surface area contributed by atoms with E-state index in [0.29, 0.717) is 25.1 Å². The van der Waals surface area contributed by atoms with Crippen LogP contribution in [0.3, 0.4) is 0 Å². The lowest BCUT2D eigenvalue weighted by Gasteiger charge is -2.22. The molecule has 0 radical (unpaired) electrons. The van der Waals surface area contributed by atoms with Crippen LogP contribution in [0.25, 0.3) is 0 Å². The molecule has 0 unspecified atom stereocenters. The minimum absolute atomic E-state index is 0.00683. The van der Waals surface area contributed by atoms with Crippen LogP contribution in [-0.2, 0) is 4.79 Å². The summed E-state index contributed by atoms with van der Waals surface area (Å²) in [5, 5.41) is 5.81. The third-order valence-corrected chi connectivity index (χ3v) is 3.27. The number of para-hydroxylation sites is 1. The van der Waals surface area contributed by atoms with E-state index in [1.165, 1.54) is 0 Å². The number of rotatable bonds is 5. The minimum Gasteiger partial charge on any atom is -0.387 e. The molecular weight excluding hydrogens is 266 g/mol. The molecule has 5 nitrogen and oxygen atoms in total. The van der Waals surface area contributed by atoms with E-state index in [4.69, 9.17) is 0 Å². The Morgan fingerprint density at radius 1 is 1.38 bits per heavy atom. The van der Waals surface area contributed by atoms with Gasteiger partial charge in [0.05, 0.1) is 12.0 Å². The molecule has 1 aromatic rings. The van der Waals surface area contributed by atoms with Gasteiger partial charge in [-0.1, -0.05) is 18.7 Å². The average Bonchev–Trinajstić information content (AvgIpc) is 2.49. The summed E-state index contributed by atoms with van der Waals surface area (Å²) in [7, 11) is 1.77. The van der Waals surface area contributed by atoms with Crippen LogP contribution in [0.2, 0.25) is 0 Å². The number of nitrogens with zero attached hydrogens (tertiary/aromatic N) is 1. The maximum atomic E-state index is 12.1. The second-order valence-electron chi connectivity index (χ2n) is 4.79. The molecule has 21 heavy (non-hydrogen) atoms. The third kappa shape index (κ3) is 3.72. The zero-order chi connectivity index (χ0) is 15.2. The monoisotopic (exact) mass is 285 g/mol. The number of benzene rings is 1. The quantitative estimate of drug-likeness (QED) is 0.866. The molecule has 110 valence electrons. The van der Waals surface area contributed by atoms with Crippen molar-refractivity contribution in [3.63, 3.8) is 0 Å². The summed E-state index contributed by atoms with van der Waals surface area (Å²) in [6, 6.07) is 7.29. The normalized spacial score (nSPS) is 14.2. The van der Waals surface area contributed by atoms with Gasteiger partial charge in [-0.2, -0.15) is 0 Å². The largest absolute Gasteiger partial charge is 0.387 e. The summed E-state index contributed by atoms with van der Waals surface area (Å²) in [5.41, 5.74) is 2.18. The number of nitrogens with one attached hydrogen (secondary N) is 2. The molecular formula is C16H19N3O2. The van der Waals surface area contributed by atoms with Crippen molar-refractivity contribution in [1.29, 1.82) is 0 Å². The Balaban J connectivity index is 1.89. The summed E-state index contributed by atoms with van der Waals surface area (Å²) in [5.74, 6) is -0.148. The second-order valence-corrected chi connectivity index (χ2v) is 4.79. The predicted octanol–water partition coefficient (Wildman–Crippen LogP) is 1.76. The number of anilines is 1. The van der Waals surface area contributed by atoms with Gasteiger partial charge in [0.25, 0.3) is 5.91 Å². The summed E-state index contributed by atoms with van der Waals surface area (Å²) in [4.78, 5) is 25.5. The number of hydrogen-bond acceptors (Lipinski definition) is 3. The summed E-state index contributed by atoms with van der Waals surface area (Å²) < 4.78 is 0. The van der Waals surface area contributed by atoms with Gasteiger partial charge in [-0.25, -0.2) is 0 Å². The van der Waals surface area contributed by atoms with Crippen LogP contribution < -0.4 is 10.6 Å². The zero-order valence-corrected chi connectivity index (χ0v) is 12.1.